The smallest absolute Gasteiger partial charge is 0.252 e. The van der Waals surface area contributed by atoms with Crippen LogP contribution >= 0.6 is 24.0 Å². The van der Waals surface area contributed by atoms with Crippen molar-refractivity contribution in [1.29, 1.82) is 0 Å². The van der Waals surface area contributed by atoms with Gasteiger partial charge in [0.05, 0.1) is 10.6 Å². The van der Waals surface area contributed by atoms with E-state index in [1.54, 1.807) is 12.1 Å². The molecule has 1 aromatic rings. The minimum Gasteiger partial charge on any atom is -0.352 e. The van der Waals surface area contributed by atoms with Crippen molar-refractivity contribution >= 4 is 29.9 Å². The number of carbonyl (C=O) groups is 1. The van der Waals surface area contributed by atoms with E-state index in [0.717, 1.165) is 26.1 Å². The van der Waals surface area contributed by atoms with Crippen LogP contribution in [0.3, 0.4) is 0 Å². The summed E-state index contributed by atoms with van der Waals surface area (Å²) in [6, 6.07) is 7.11. The highest BCUT2D eigenvalue weighted by Gasteiger charge is 2.16. The van der Waals surface area contributed by atoms with Crippen LogP contribution in [0.25, 0.3) is 0 Å². The normalized spacial score (nSPS) is 18.5. The second kappa shape index (κ2) is 6.84. The lowest BCUT2D eigenvalue weighted by Crippen LogP contribution is -2.30. The summed E-state index contributed by atoms with van der Waals surface area (Å²) in [5, 5.41) is 6.69. The average Bonchev–Trinajstić information content (AvgIpc) is 2.79. The quantitative estimate of drug-likeness (QED) is 0.887. The lowest BCUT2D eigenvalue weighted by molar-refractivity contribution is 0.0948. The average molecular weight is 275 g/mol. The predicted octanol–water partition coefficient (Wildman–Crippen LogP) is 2.10. The Morgan fingerprint density at radius 3 is 2.88 bits per heavy atom. The monoisotopic (exact) mass is 274 g/mol. The van der Waals surface area contributed by atoms with E-state index in [0.29, 0.717) is 16.5 Å². The molecule has 1 atom stereocenters. The summed E-state index contributed by atoms with van der Waals surface area (Å²) in [7, 11) is 0. The van der Waals surface area contributed by atoms with Gasteiger partial charge in [-0.25, -0.2) is 0 Å². The van der Waals surface area contributed by atoms with Gasteiger partial charge in [-0.3, -0.25) is 4.79 Å². The maximum absolute atomic E-state index is 11.8. The van der Waals surface area contributed by atoms with Crippen molar-refractivity contribution in [1.82, 2.24) is 10.6 Å². The van der Waals surface area contributed by atoms with Gasteiger partial charge in [-0.1, -0.05) is 23.7 Å². The van der Waals surface area contributed by atoms with Gasteiger partial charge in [0.25, 0.3) is 5.91 Å². The first kappa shape index (κ1) is 14.3. The fourth-order valence-electron chi connectivity index (χ4n) is 1.87. The molecular weight excluding hydrogens is 259 g/mol. The van der Waals surface area contributed by atoms with E-state index in [1.165, 1.54) is 0 Å². The minimum atomic E-state index is -0.0856. The molecule has 1 heterocycles. The zero-order chi connectivity index (χ0) is 11.4. The lowest BCUT2D eigenvalue weighted by Gasteiger charge is -2.10. The fraction of sp³-hybridized carbons (Fsp3) is 0.417. The zero-order valence-electron chi connectivity index (χ0n) is 9.41. The third-order valence-corrected chi connectivity index (χ3v) is 3.16. The Bertz CT molecular complexity index is 379. The second-order valence-corrected chi connectivity index (χ2v) is 4.46. The number of hydrogen-bond donors (Lipinski definition) is 2. The van der Waals surface area contributed by atoms with E-state index in [2.05, 4.69) is 10.6 Å². The van der Waals surface area contributed by atoms with Crippen molar-refractivity contribution in [2.75, 3.05) is 19.6 Å². The molecule has 1 aliphatic rings. The van der Waals surface area contributed by atoms with Crippen LogP contribution in [0.4, 0.5) is 0 Å². The molecule has 2 N–H and O–H groups in total. The number of benzene rings is 1. The number of carbonyl (C=O) groups excluding carboxylic acids is 1. The van der Waals surface area contributed by atoms with Gasteiger partial charge in [0.15, 0.2) is 0 Å². The molecule has 1 aromatic carbocycles. The number of nitrogens with one attached hydrogen (secondary N) is 2. The summed E-state index contributed by atoms with van der Waals surface area (Å²) in [5.41, 5.74) is 0.551. The minimum absolute atomic E-state index is 0. The third kappa shape index (κ3) is 3.87. The molecule has 0 aromatic heterocycles. The van der Waals surface area contributed by atoms with E-state index >= 15 is 0 Å². The van der Waals surface area contributed by atoms with Crippen molar-refractivity contribution in [3.05, 3.63) is 34.9 Å². The molecule has 1 fully saturated rings. The molecule has 0 bridgehead atoms. The first-order chi connectivity index (χ1) is 7.77. The van der Waals surface area contributed by atoms with Crippen LogP contribution in [-0.2, 0) is 0 Å². The van der Waals surface area contributed by atoms with Crippen LogP contribution < -0.4 is 10.6 Å². The number of rotatable bonds is 3. The summed E-state index contributed by atoms with van der Waals surface area (Å²) in [4.78, 5) is 11.8. The molecule has 1 amide bonds. The number of hydrogen-bond acceptors (Lipinski definition) is 2. The molecule has 1 unspecified atom stereocenters. The highest BCUT2D eigenvalue weighted by molar-refractivity contribution is 6.33. The molecule has 5 heteroatoms. The summed E-state index contributed by atoms with van der Waals surface area (Å²) in [6.45, 7) is 2.76. The van der Waals surface area contributed by atoms with E-state index < -0.39 is 0 Å². The van der Waals surface area contributed by atoms with Gasteiger partial charge in [0, 0.05) is 6.54 Å². The van der Waals surface area contributed by atoms with Crippen LogP contribution in [0.1, 0.15) is 16.8 Å². The molecule has 1 saturated heterocycles. The van der Waals surface area contributed by atoms with Gasteiger partial charge in [-0.15, -0.1) is 12.4 Å². The Morgan fingerprint density at radius 1 is 1.47 bits per heavy atom. The van der Waals surface area contributed by atoms with E-state index in [1.807, 2.05) is 12.1 Å². The summed E-state index contributed by atoms with van der Waals surface area (Å²) in [6.07, 6.45) is 1.13. The molecule has 94 valence electrons. The highest BCUT2D eigenvalue weighted by Crippen LogP contribution is 2.14. The van der Waals surface area contributed by atoms with Gasteiger partial charge in [-0.05, 0) is 37.6 Å². The van der Waals surface area contributed by atoms with Crippen LogP contribution in [0.15, 0.2) is 24.3 Å². The third-order valence-electron chi connectivity index (χ3n) is 2.83. The van der Waals surface area contributed by atoms with Crippen molar-refractivity contribution < 1.29 is 4.79 Å². The topological polar surface area (TPSA) is 41.1 Å². The lowest BCUT2D eigenvalue weighted by atomic mass is 10.1. The van der Waals surface area contributed by atoms with Crippen molar-refractivity contribution in [3.63, 3.8) is 0 Å². The Hall–Kier alpha value is -0.770. The molecule has 2 rings (SSSR count). The predicted molar refractivity (Wildman–Crippen MR) is 72.0 cm³/mol. The zero-order valence-corrected chi connectivity index (χ0v) is 11.0. The summed E-state index contributed by atoms with van der Waals surface area (Å²) in [5.74, 6) is 0.462. The van der Waals surface area contributed by atoms with Crippen molar-refractivity contribution in [2.24, 2.45) is 5.92 Å². The summed E-state index contributed by atoms with van der Waals surface area (Å²) >= 11 is 5.94. The number of amides is 1. The largest absolute Gasteiger partial charge is 0.352 e. The van der Waals surface area contributed by atoms with Crippen LogP contribution in [-0.4, -0.2) is 25.5 Å². The van der Waals surface area contributed by atoms with Crippen molar-refractivity contribution in [2.45, 2.75) is 6.42 Å². The van der Waals surface area contributed by atoms with E-state index in [9.17, 15) is 4.79 Å². The Kier molecular flexibility index (Phi) is 5.75. The van der Waals surface area contributed by atoms with Gasteiger partial charge in [0.2, 0.25) is 0 Å². The molecule has 0 radical (unpaired) electrons. The van der Waals surface area contributed by atoms with E-state index in [-0.39, 0.29) is 18.3 Å². The molecular formula is C12H16Cl2N2O. The van der Waals surface area contributed by atoms with Gasteiger partial charge in [-0.2, -0.15) is 0 Å². The van der Waals surface area contributed by atoms with Crippen LogP contribution in [0.2, 0.25) is 5.02 Å². The first-order valence-electron chi connectivity index (χ1n) is 5.51. The maximum Gasteiger partial charge on any atom is 0.252 e. The molecule has 0 spiro atoms. The van der Waals surface area contributed by atoms with Gasteiger partial charge in [0.1, 0.15) is 0 Å². The SMILES string of the molecule is Cl.O=C(NCC1CCNC1)c1ccccc1Cl. The Morgan fingerprint density at radius 2 is 2.24 bits per heavy atom. The highest BCUT2D eigenvalue weighted by atomic mass is 35.5. The van der Waals surface area contributed by atoms with Crippen LogP contribution in [0.5, 0.6) is 0 Å². The maximum atomic E-state index is 11.8. The van der Waals surface area contributed by atoms with Gasteiger partial charge >= 0.3 is 0 Å². The number of halogens is 2. The second-order valence-electron chi connectivity index (χ2n) is 4.05. The van der Waals surface area contributed by atoms with Crippen molar-refractivity contribution in [3.8, 4) is 0 Å². The van der Waals surface area contributed by atoms with Gasteiger partial charge < -0.3 is 10.6 Å². The Balaban J connectivity index is 0.00000144. The fourth-order valence-corrected chi connectivity index (χ4v) is 2.09. The molecule has 0 saturated carbocycles. The Labute approximate surface area is 112 Å². The molecule has 0 aliphatic carbocycles. The summed E-state index contributed by atoms with van der Waals surface area (Å²) < 4.78 is 0. The molecule has 1 aliphatic heterocycles. The first-order valence-corrected chi connectivity index (χ1v) is 5.88. The van der Waals surface area contributed by atoms with Crippen LogP contribution in [0, 0.1) is 5.92 Å². The molecule has 3 nitrogen and oxygen atoms in total. The molecule has 17 heavy (non-hydrogen) atoms. The van der Waals surface area contributed by atoms with E-state index in [4.69, 9.17) is 11.6 Å². The standard InChI is InChI=1S/C12H15ClN2O.ClH/c13-11-4-2-1-3-10(11)12(16)15-8-9-5-6-14-7-9;/h1-4,9,14H,5-8H2,(H,15,16);1H.